The van der Waals surface area contributed by atoms with Crippen LogP contribution in [0.2, 0.25) is 5.02 Å². The molecule has 0 unspecified atom stereocenters. The second-order valence-corrected chi connectivity index (χ2v) is 9.20. The molecule has 0 spiro atoms. The SMILES string of the molecule is Cc1ccc(NC(=O)CCc2nnc(SCC(=O)c3cn(C)c4ccccc34)n2C)cc1Cl. The lowest BCUT2D eigenvalue weighted by molar-refractivity contribution is -0.116. The molecule has 0 aliphatic heterocycles. The number of para-hydroxylation sites is 1. The van der Waals surface area contributed by atoms with Crippen LogP contribution in [-0.2, 0) is 25.3 Å². The Labute approximate surface area is 201 Å². The first-order chi connectivity index (χ1) is 15.8. The molecule has 0 atom stereocenters. The second-order valence-electron chi connectivity index (χ2n) is 7.85. The van der Waals surface area contributed by atoms with Crippen LogP contribution in [0.15, 0.2) is 53.8 Å². The molecule has 33 heavy (non-hydrogen) atoms. The van der Waals surface area contributed by atoms with Crippen molar-refractivity contribution in [2.45, 2.75) is 24.9 Å². The number of benzene rings is 2. The van der Waals surface area contributed by atoms with Crippen molar-refractivity contribution in [3.05, 3.63) is 70.6 Å². The molecule has 1 N–H and O–H groups in total. The number of rotatable bonds is 8. The van der Waals surface area contributed by atoms with Gasteiger partial charge < -0.3 is 14.5 Å². The highest BCUT2D eigenvalue weighted by Gasteiger charge is 2.17. The molecule has 0 radical (unpaired) electrons. The summed E-state index contributed by atoms with van der Waals surface area (Å²) in [5.74, 6) is 0.859. The topological polar surface area (TPSA) is 81.8 Å². The second kappa shape index (κ2) is 9.80. The number of nitrogens with one attached hydrogen (secondary N) is 1. The zero-order chi connectivity index (χ0) is 23.5. The average Bonchev–Trinajstić information content (AvgIpc) is 3.33. The van der Waals surface area contributed by atoms with Gasteiger partial charge in [-0.1, -0.05) is 47.6 Å². The van der Waals surface area contributed by atoms with Gasteiger partial charge >= 0.3 is 0 Å². The Balaban J connectivity index is 1.34. The van der Waals surface area contributed by atoms with Crippen LogP contribution < -0.4 is 5.32 Å². The molecule has 4 aromatic rings. The number of ketones is 1. The maximum Gasteiger partial charge on any atom is 0.224 e. The lowest BCUT2D eigenvalue weighted by atomic mass is 10.1. The number of hydrogen-bond donors (Lipinski definition) is 1. The van der Waals surface area contributed by atoms with Gasteiger partial charge in [-0.3, -0.25) is 9.59 Å². The van der Waals surface area contributed by atoms with Crippen LogP contribution in [0, 0.1) is 6.92 Å². The van der Waals surface area contributed by atoms with Crippen LogP contribution in [-0.4, -0.2) is 36.8 Å². The number of halogens is 1. The number of carbonyl (C=O) groups excluding carboxylic acids is 2. The van der Waals surface area contributed by atoms with Crippen molar-refractivity contribution >= 4 is 51.6 Å². The van der Waals surface area contributed by atoms with E-state index in [2.05, 4.69) is 15.5 Å². The largest absolute Gasteiger partial charge is 0.350 e. The highest BCUT2D eigenvalue weighted by atomic mass is 35.5. The van der Waals surface area contributed by atoms with Crippen LogP contribution >= 0.6 is 23.4 Å². The van der Waals surface area contributed by atoms with Gasteiger partial charge in [0.2, 0.25) is 5.91 Å². The van der Waals surface area contributed by atoms with Gasteiger partial charge in [0.1, 0.15) is 5.82 Å². The number of hydrogen-bond acceptors (Lipinski definition) is 5. The molecule has 2 aromatic heterocycles. The standard InChI is InChI=1S/C24H24ClN5O2S/c1-15-8-9-16(12-19(15)25)26-23(32)11-10-22-27-28-24(30(22)3)33-14-21(31)18-13-29(2)20-7-5-4-6-17(18)20/h4-9,12-13H,10-11,14H2,1-3H3,(H,26,32). The Kier molecular flexibility index (Phi) is 6.85. The third-order valence-corrected chi connectivity index (χ3v) is 6.91. The minimum Gasteiger partial charge on any atom is -0.350 e. The lowest BCUT2D eigenvalue weighted by Crippen LogP contribution is -2.13. The molecular formula is C24H24ClN5O2S. The summed E-state index contributed by atoms with van der Waals surface area (Å²) < 4.78 is 3.79. The smallest absolute Gasteiger partial charge is 0.224 e. The summed E-state index contributed by atoms with van der Waals surface area (Å²) in [5, 5.41) is 13.5. The van der Waals surface area contributed by atoms with E-state index in [9.17, 15) is 9.59 Å². The molecule has 1 amide bonds. The Bertz CT molecular complexity index is 1340. The van der Waals surface area contributed by atoms with Crippen LogP contribution in [0.4, 0.5) is 5.69 Å². The maximum absolute atomic E-state index is 12.8. The molecule has 0 aliphatic carbocycles. The summed E-state index contributed by atoms with van der Waals surface area (Å²) in [6, 6.07) is 13.3. The van der Waals surface area contributed by atoms with E-state index in [4.69, 9.17) is 11.6 Å². The molecule has 0 saturated carbocycles. The van der Waals surface area contributed by atoms with Gasteiger partial charge in [0.25, 0.3) is 0 Å². The molecule has 0 saturated heterocycles. The molecule has 170 valence electrons. The number of amides is 1. The van der Waals surface area contributed by atoms with Gasteiger partial charge in [0.15, 0.2) is 10.9 Å². The van der Waals surface area contributed by atoms with E-state index in [1.807, 2.05) is 72.7 Å². The van der Waals surface area contributed by atoms with E-state index in [0.717, 1.165) is 16.5 Å². The van der Waals surface area contributed by atoms with Crippen molar-refractivity contribution in [3.63, 3.8) is 0 Å². The molecule has 0 fully saturated rings. The van der Waals surface area contributed by atoms with Crippen LogP contribution in [0.25, 0.3) is 10.9 Å². The van der Waals surface area contributed by atoms with Crippen molar-refractivity contribution in [3.8, 4) is 0 Å². The predicted molar refractivity (Wildman–Crippen MR) is 132 cm³/mol. The van der Waals surface area contributed by atoms with E-state index < -0.39 is 0 Å². The van der Waals surface area contributed by atoms with Gasteiger partial charge in [0.05, 0.1) is 5.75 Å². The van der Waals surface area contributed by atoms with Gasteiger partial charge in [-0.25, -0.2) is 0 Å². The number of aryl methyl sites for hydroxylation is 3. The zero-order valence-electron chi connectivity index (χ0n) is 18.6. The van der Waals surface area contributed by atoms with Crippen LogP contribution in [0.5, 0.6) is 0 Å². The van der Waals surface area contributed by atoms with Crippen molar-refractivity contribution in [1.82, 2.24) is 19.3 Å². The average molecular weight is 482 g/mol. The molecule has 0 aliphatic rings. The summed E-state index contributed by atoms with van der Waals surface area (Å²) in [7, 11) is 3.78. The van der Waals surface area contributed by atoms with Crippen molar-refractivity contribution in [1.29, 1.82) is 0 Å². The molecule has 2 aromatic carbocycles. The third-order valence-electron chi connectivity index (χ3n) is 5.49. The van der Waals surface area contributed by atoms with Crippen molar-refractivity contribution < 1.29 is 9.59 Å². The van der Waals surface area contributed by atoms with E-state index in [1.165, 1.54) is 11.8 Å². The minimum absolute atomic E-state index is 0.0393. The Morgan fingerprint density at radius 1 is 1.12 bits per heavy atom. The Hall–Kier alpha value is -3.10. The first-order valence-electron chi connectivity index (χ1n) is 10.5. The van der Waals surface area contributed by atoms with Gasteiger partial charge in [0, 0.05) is 60.3 Å². The highest BCUT2D eigenvalue weighted by Crippen LogP contribution is 2.24. The number of fused-ring (bicyclic) bond motifs is 1. The first-order valence-corrected chi connectivity index (χ1v) is 11.8. The predicted octanol–water partition coefficient (Wildman–Crippen LogP) is 4.81. The fraction of sp³-hybridized carbons (Fsp3) is 0.250. The van der Waals surface area contributed by atoms with Crippen LogP contribution in [0.1, 0.15) is 28.2 Å². The number of aromatic nitrogens is 4. The molecule has 7 nitrogen and oxygen atoms in total. The monoisotopic (exact) mass is 481 g/mol. The summed E-state index contributed by atoms with van der Waals surface area (Å²) in [4.78, 5) is 25.2. The van der Waals surface area contributed by atoms with E-state index in [-0.39, 0.29) is 23.9 Å². The maximum atomic E-state index is 12.8. The molecular weight excluding hydrogens is 458 g/mol. The van der Waals surface area contributed by atoms with E-state index >= 15 is 0 Å². The van der Waals surface area contributed by atoms with E-state index in [1.54, 1.807) is 6.07 Å². The highest BCUT2D eigenvalue weighted by molar-refractivity contribution is 7.99. The fourth-order valence-corrected chi connectivity index (χ4v) is 4.57. The van der Waals surface area contributed by atoms with E-state index in [0.29, 0.717) is 33.7 Å². The first kappa shape index (κ1) is 23.1. The summed E-state index contributed by atoms with van der Waals surface area (Å²) in [6.07, 6.45) is 2.57. The summed E-state index contributed by atoms with van der Waals surface area (Å²) >= 11 is 7.46. The molecule has 2 heterocycles. The van der Waals surface area contributed by atoms with Crippen molar-refractivity contribution in [2.24, 2.45) is 14.1 Å². The minimum atomic E-state index is -0.127. The number of carbonyl (C=O) groups is 2. The normalized spacial score (nSPS) is 11.2. The number of anilines is 1. The zero-order valence-corrected chi connectivity index (χ0v) is 20.2. The van der Waals surface area contributed by atoms with Gasteiger partial charge in [-0.2, -0.15) is 0 Å². The molecule has 9 heteroatoms. The fourth-order valence-electron chi connectivity index (χ4n) is 3.58. The molecule has 0 bridgehead atoms. The third kappa shape index (κ3) is 5.12. The van der Waals surface area contributed by atoms with Gasteiger partial charge in [-0.15, -0.1) is 10.2 Å². The number of thioether (sulfide) groups is 1. The quantitative estimate of drug-likeness (QED) is 0.288. The number of nitrogens with zero attached hydrogens (tertiary/aromatic N) is 4. The Morgan fingerprint density at radius 3 is 2.70 bits per heavy atom. The van der Waals surface area contributed by atoms with Crippen LogP contribution in [0.3, 0.4) is 0 Å². The molecule has 4 rings (SSSR count). The Morgan fingerprint density at radius 2 is 1.91 bits per heavy atom. The summed E-state index contributed by atoms with van der Waals surface area (Å²) in [6.45, 7) is 1.91. The summed E-state index contributed by atoms with van der Waals surface area (Å²) in [5.41, 5.74) is 3.35. The van der Waals surface area contributed by atoms with Gasteiger partial charge in [-0.05, 0) is 30.7 Å². The number of Topliss-reactive ketones (excluding diaryl/α,β-unsaturated/α-hetero) is 1. The lowest BCUT2D eigenvalue weighted by Gasteiger charge is -2.07. The van der Waals surface area contributed by atoms with Crippen molar-refractivity contribution in [2.75, 3.05) is 11.1 Å².